The topological polar surface area (TPSA) is 102 Å². The zero-order chi connectivity index (χ0) is 28.5. The Balaban J connectivity index is 0.000000359. The molecule has 0 saturated heterocycles. The number of rotatable bonds is 11. The minimum atomic E-state index is 0.145. The summed E-state index contributed by atoms with van der Waals surface area (Å²) in [5, 5.41) is 3.16. The number of carbonyl (C=O) groups excluding carboxylic acids is 2. The van der Waals surface area contributed by atoms with Crippen LogP contribution in [0.4, 0.5) is 5.69 Å². The number of methoxy groups -OCH3 is 1. The molecule has 8 heteroatoms. The number of carbonyl (C=O) groups is 2. The molecule has 0 aliphatic rings. The molecule has 0 amide bonds. The molecule has 1 atom stereocenters. The summed E-state index contributed by atoms with van der Waals surface area (Å²) < 4.78 is 7.43. The van der Waals surface area contributed by atoms with Gasteiger partial charge in [0.05, 0.1) is 31.4 Å². The quantitative estimate of drug-likeness (QED) is 0.357. The van der Waals surface area contributed by atoms with Crippen LogP contribution in [-0.4, -0.2) is 56.4 Å². The van der Waals surface area contributed by atoms with Crippen LogP contribution in [0.25, 0.3) is 17.8 Å². The van der Waals surface area contributed by atoms with Crippen molar-refractivity contribution in [2.24, 2.45) is 5.73 Å². The van der Waals surface area contributed by atoms with Gasteiger partial charge in [-0.3, -0.25) is 0 Å². The van der Waals surface area contributed by atoms with Gasteiger partial charge < -0.3 is 34.8 Å². The first-order chi connectivity index (χ1) is 18.4. The highest BCUT2D eigenvalue weighted by Crippen LogP contribution is 2.28. The summed E-state index contributed by atoms with van der Waals surface area (Å²) in [6.07, 6.45) is 10.6. The molecule has 204 valence electrons. The summed E-state index contributed by atoms with van der Waals surface area (Å²) >= 11 is 0. The van der Waals surface area contributed by atoms with E-state index in [4.69, 9.17) is 15.3 Å². The summed E-state index contributed by atoms with van der Waals surface area (Å²) in [4.78, 5) is 24.7. The van der Waals surface area contributed by atoms with Crippen LogP contribution in [-0.2, 0) is 9.59 Å². The number of aldehydes is 1. The first kappa shape index (κ1) is 32.0. The summed E-state index contributed by atoms with van der Waals surface area (Å²) in [6.45, 7) is 13.6. The predicted octanol–water partition coefficient (Wildman–Crippen LogP) is 4.61. The second-order valence-electron chi connectivity index (χ2n) is 8.34. The number of benzene rings is 2. The van der Waals surface area contributed by atoms with Crippen LogP contribution in [0.5, 0.6) is 5.75 Å². The van der Waals surface area contributed by atoms with Gasteiger partial charge in [0.25, 0.3) is 0 Å². The Bertz CT molecular complexity index is 1170. The molecule has 0 bridgehead atoms. The predicted molar refractivity (Wildman–Crippen MR) is 158 cm³/mol. The average molecular weight is 520 g/mol. The maximum Gasteiger partial charge on any atom is 0.144 e. The van der Waals surface area contributed by atoms with Gasteiger partial charge in [0.2, 0.25) is 0 Å². The molecule has 3 rings (SSSR count). The van der Waals surface area contributed by atoms with E-state index in [1.807, 2.05) is 74.9 Å². The molecule has 3 aromatic rings. The lowest BCUT2D eigenvalue weighted by atomic mass is 9.96. The number of nitrogens with zero attached hydrogens (tertiary/aromatic N) is 3. The van der Waals surface area contributed by atoms with Crippen molar-refractivity contribution < 1.29 is 14.3 Å². The summed E-state index contributed by atoms with van der Waals surface area (Å²) in [5.41, 5.74) is 12.1. The molecule has 38 heavy (non-hydrogen) atoms. The lowest BCUT2D eigenvalue weighted by molar-refractivity contribution is -0.107. The molecule has 0 saturated carbocycles. The van der Waals surface area contributed by atoms with Crippen molar-refractivity contribution in [2.75, 3.05) is 38.7 Å². The Morgan fingerprint density at radius 3 is 2.55 bits per heavy atom. The molecule has 2 aromatic carbocycles. The number of imidazole rings is 1. The lowest BCUT2D eigenvalue weighted by Gasteiger charge is -2.20. The van der Waals surface area contributed by atoms with E-state index in [2.05, 4.69) is 46.9 Å². The van der Waals surface area contributed by atoms with Crippen molar-refractivity contribution in [2.45, 2.75) is 26.8 Å². The van der Waals surface area contributed by atoms with E-state index in [1.54, 1.807) is 13.4 Å². The maximum atomic E-state index is 10.4. The van der Waals surface area contributed by atoms with Crippen LogP contribution in [0, 0.1) is 6.92 Å². The largest absolute Gasteiger partial charge is 0.494 e. The first-order valence-electron chi connectivity index (χ1n) is 12.3. The average Bonchev–Trinajstić information content (AvgIpc) is 3.39. The third kappa shape index (κ3) is 9.14. The number of likely N-dealkylation sites (N-methyl/N-ethyl adjacent to an activating group) is 1. The van der Waals surface area contributed by atoms with E-state index < -0.39 is 0 Å². The normalized spacial score (nSPS) is 11.0. The Labute approximate surface area is 226 Å². The van der Waals surface area contributed by atoms with Crippen LogP contribution in [0.15, 0.2) is 61.6 Å². The van der Waals surface area contributed by atoms with Crippen molar-refractivity contribution in [1.29, 1.82) is 0 Å². The summed E-state index contributed by atoms with van der Waals surface area (Å²) in [7, 11) is 3.69. The number of nitrogens with two attached hydrogens (primary N) is 1. The van der Waals surface area contributed by atoms with Gasteiger partial charge in [-0.25, -0.2) is 4.98 Å². The molecule has 0 aliphatic heterocycles. The number of allylic oxidation sites excluding steroid dienone is 1. The number of aryl methyl sites for hydroxylation is 1. The van der Waals surface area contributed by atoms with Crippen LogP contribution in [0.3, 0.4) is 0 Å². The monoisotopic (exact) mass is 519 g/mol. The second-order valence-corrected chi connectivity index (χ2v) is 8.34. The van der Waals surface area contributed by atoms with Gasteiger partial charge >= 0.3 is 0 Å². The molecule has 0 fully saturated rings. The molecular weight excluding hydrogens is 478 g/mol. The van der Waals surface area contributed by atoms with Crippen molar-refractivity contribution in [3.8, 4) is 11.4 Å². The van der Waals surface area contributed by atoms with Crippen molar-refractivity contribution in [3.05, 3.63) is 84.0 Å². The van der Waals surface area contributed by atoms with Crippen molar-refractivity contribution in [3.63, 3.8) is 0 Å². The van der Waals surface area contributed by atoms with Gasteiger partial charge in [-0.05, 0) is 49.6 Å². The zero-order valence-corrected chi connectivity index (χ0v) is 23.2. The van der Waals surface area contributed by atoms with E-state index in [9.17, 15) is 4.79 Å². The van der Waals surface area contributed by atoms with E-state index in [1.165, 1.54) is 5.56 Å². The van der Waals surface area contributed by atoms with Gasteiger partial charge in [-0.15, -0.1) is 0 Å². The third-order valence-electron chi connectivity index (χ3n) is 5.76. The van der Waals surface area contributed by atoms with Gasteiger partial charge in [0, 0.05) is 44.1 Å². The van der Waals surface area contributed by atoms with Gasteiger partial charge in [0.15, 0.2) is 0 Å². The smallest absolute Gasteiger partial charge is 0.144 e. The van der Waals surface area contributed by atoms with E-state index in [0.717, 1.165) is 46.8 Å². The van der Waals surface area contributed by atoms with E-state index >= 15 is 0 Å². The third-order valence-corrected chi connectivity index (χ3v) is 5.76. The van der Waals surface area contributed by atoms with Gasteiger partial charge in [-0.2, -0.15) is 0 Å². The van der Waals surface area contributed by atoms with Crippen LogP contribution < -0.4 is 20.7 Å². The molecule has 0 radical (unpaired) electrons. The number of aromatic nitrogens is 2. The van der Waals surface area contributed by atoms with Crippen LogP contribution in [0.1, 0.15) is 42.3 Å². The van der Waals surface area contributed by atoms with Crippen molar-refractivity contribution in [1.82, 2.24) is 14.9 Å². The molecule has 1 unspecified atom stereocenters. The minimum absolute atomic E-state index is 0.145. The Morgan fingerprint density at radius 2 is 2.00 bits per heavy atom. The second kappa shape index (κ2) is 17.4. The van der Waals surface area contributed by atoms with Crippen LogP contribution >= 0.6 is 0 Å². The molecule has 8 nitrogen and oxygen atoms in total. The number of anilines is 1. The molecular formula is C30H41N5O3. The van der Waals surface area contributed by atoms with Gasteiger partial charge in [-0.1, -0.05) is 43.0 Å². The first-order valence-corrected chi connectivity index (χ1v) is 12.3. The highest BCUT2D eigenvalue weighted by molar-refractivity contribution is 5.67. The molecule has 1 heterocycles. The minimum Gasteiger partial charge on any atom is -0.494 e. The maximum absolute atomic E-state index is 10.4. The fraction of sp³-hybridized carbons (Fsp3) is 0.300. The van der Waals surface area contributed by atoms with Gasteiger partial charge in [0.1, 0.15) is 18.8 Å². The lowest BCUT2D eigenvalue weighted by Crippen LogP contribution is -2.24. The SMILES string of the molecule is C=Cc1cccc(C(C)NCC=O)c1/C=C\C.C=O.COc1cc(N(C)CCN)ccc1-n1cnc(C)c1. The standard InChI is InChI=1S/C15H19NO.C14H20N4O.CH2O/c1-4-7-15-13(5-2)8-6-9-14(15)12(3)16-10-11-17;1-11-9-18(10-16-11)13-5-4-12(8-14(13)19-3)17(2)7-6-15;1-2/h4-9,11-12,16H,2,10H2,1,3H3;4-5,8-10H,6-7,15H2,1-3H3;1H2/b7-4-;;. The molecule has 1 aromatic heterocycles. The highest BCUT2D eigenvalue weighted by Gasteiger charge is 2.11. The Morgan fingerprint density at radius 1 is 1.26 bits per heavy atom. The summed E-state index contributed by atoms with van der Waals surface area (Å²) in [5.74, 6) is 0.818. The Hall–Kier alpha value is -4.01. The number of ether oxygens (including phenoxy) is 1. The van der Waals surface area contributed by atoms with E-state index in [-0.39, 0.29) is 6.04 Å². The molecule has 0 aliphatic carbocycles. The number of nitrogens with one attached hydrogen (secondary N) is 1. The zero-order valence-electron chi connectivity index (χ0n) is 23.2. The Kier molecular flexibility index (Phi) is 14.7. The summed E-state index contributed by atoms with van der Waals surface area (Å²) in [6, 6.07) is 12.4. The van der Waals surface area contributed by atoms with E-state index in [0.29, 0.717) is 13.1 Å². The van der Waals surface area contributed by atoms with Crippen LogP contribution in [0.2, 0.25) is 0 Å². The fourth-order valence-electron chi connectivity index (χ4n) is 3.84. The molecule has 3 N–H and O–H groups in total. The number of hydrogen-bond acceptors (Lipinski definition) is 7. The number of hydrogen-bond donors (Lipinski definition) is 2. The fourth-order valence-corrected chi connectivity index (χ4v) is 3.84. The highest BCUT2D eigenvalue weighted by atomic mass is 16.5. The van der Waals surface area contributed by atoms with Crippen molar-refractivity contribution >= 4 is 30.9 Å². The molecule has 0 spiro atoms.